The topological polar surface area (TPSA) is 69.4 Å². The standard InChI is InChI=1S/C15H24ClNO3S/c1-3-8-21(18,19)9-7-20-15-6-5-13(16)10-12(15)11-14(17)4-2/h5-6,10,14H,3-4,7-9,11,17H2,1-2H3. The third-order valence-electron chi connectivity index (χ3n) is 3.20. The van der Waals surface area contributed by atoms with Gasteiger partial charge >= 0.3 is 0 Å². The van der Waals surface area contributed by atoms with Gasteiger partial charge < -0.3 is 10.5 Å². The van der Waals surface area contributed by atoms with E-state index in [0.29, 0.717) is 23.6 Å². The van der Waals surface area contributed by atoms with Crippen LogP contribution >= 0.6 is 11.6 Å². The molecule has 0 saturated carbocycles. The summed E-state index contributed by atoms with van der Waals surface area (Å²) in [7, 11) is -3.03. The molecule has 0 aliphatic carbocycles. The molecule has 0 amide bonds. The Balaban J connectivity index is 2.70. The van der Waals surface area contributed by atoms with Crippen molar-refractivity contribution in [2.75, 3.05) is 18.1 Å². The summed E-state index contributed by atoms with van der Waals surface area (Å²) in [6.45, 7) is 4.02. The molecule has 1 unspecified atom stereocenters. The van der Waals surface area contributed by atoms with Crippen LogP contribution in [0.2, 0.25) is 5.02 Å². The molecule has 0 spiro atoms. The lowest BCUT2D eigenvalue weighted by Gasteiger charge is -2.15. The monoisotopic (exact) mass is 333 g/mol. The fourth-order valence-corrected chi connectivity index (χ4v) is 3.32. The molecule has 0 heterocycles. The normalized spacial score (nSPS) is 13.1. The highest BCUT2D eigenvalue weighted by Crippen LogP contribution is 2.24. The van der Waals surface area contributed by atoms with Crippen LogP contribution in [0.5, 0.6) is 5.75 Å². The van der Waals surface area contributed by atoms with Gasteiger partial charge in [0.05, 0.1) is 11.5 Å². The van der Waals surface area contributed by atoms with Crippen molar-refractivity contribution >= 4 is 21.4 Å². The third-order valence-corrected chi connectivity index (χ3v) is 5.25. The first-order valence-corrected chi connectivity index (χ1v) is 9.45. The van der Waals surface area contributed by atoms with Crippen LogP contribution in [-0.2, 0) is 16.3 Å². The van der Waals surface area contributed by atoms with Gasteiger partial charge in [-0.3, -0.25) is 0 Å². The molecule has 0 aromatic heterocycles. The second-order valence-corrected chi connectivity index (χ2v) is 7.86. The first kappa shape index (κ1) is 18.3. The number of ether oxygens (including phenoxy) is 1. The summed E-state index contributed by atoms with van der Waals surface area (Å²) in [6, 6.07) is 5.37. The molecule has 6 heteroatoms. The highest BCUT2D eigenvalue weighted by atomic mass is 35.5. The number of nitrogens with two attached hydrogens (primary N) is 1. The molecule has 1 rings (SSSR count). The van der Waals surface area contributed by atoms with Crippen molar-refractivity contribution in [1.82, 2.24) is 0 Å². The van der Waals surface area contributed by atoms with Crippen LogP contribution in [0.4, 0.5) is 0 Å². The zero-order valence-electron chi connectivity index (χ0n) is 12.6. The van der Waals surface area contributed by atoms with Gasteiger partial charge in [-0.25, -0.2) is 8.42 Å². The Morgan fingerprint density at radius 1 is 1.29 bits per heavy atom. The van der Waals surface area contributed by atoms with Crippen LogP contribution in [0.15, 0.2) is 18.2 Å². The molecule has 21 heavy (non-hydrogen) atoms. The van der Waals surface area contributed by atoms with E-state index in [-0.39, 0.29) is 24.2 Å². The third kappa shape index (κ3) is 6.68. The number of benzene rings is 1. The van der Waals surface area contributed by atoms with Crippen molar-refractivity contribution in [3.05, 3.63) is 28.8 Å². The summed E-state index contributed by atoms with van der Waals surface area (Å²) < 4.78 is 29.0. The first-order chi connectivity index (χ1) is 9.88. The van der Waals surface area contributed by atoms with E-state index >= 15 is 0 Å². The van der Waals surface area contributed by atoms with Gasteiger partial charge in [-0.15, -0.1) is 0 Å². The zero-order valence-corrected chi connectivity index (χ0v) is 14.2. The second kappa shape index (κ2) is 8.61. The molecule has 1 aromatic carbocycles. The van der Waals surface area contributed by atoms with Crippen LogP contribution < -0.4 is 10.5 Å². The molecule has 1 atom stereocenters. The maximum absolute atomic E-state index is 11.7. The van der Waals surface area contributed by atoms with Crippen molar-refractivity contribution < 1.29 is 13.2 Å². The van der Waals surface area contributed by atoms with Crippen molar-refractivity contribution in [1.29, 1.82) is 0 Å². The van der Waals surface area contributed by atoms with Gasteiger partial charge in [0.2, 0.25) is 0 Å². The molecular formula is C15H24ClNO3S. The Hall–Kier alpha value is -0.780. The summed E-state index contributed by atoms with van der Waals surface area (Å²) in [5.41, 5.74) is 6.89. The van der Waals surface area contributed by atoms with E-state index in [1.165, 1.54) is 0 Å². The molecular weight excluding hydrogens is 310 g/mol. The largest absolute Gasteiger partial charge is 0.492 e. The highest BCUT2D eigenvalue weighted by molar-refractivity contribution is 7.91. The number of halogens is 1. The smallest absolute Gasteiger partial charge is 0.153 e. The highest BCUT2D eigenvalue weighted by Gasteiger charge is 2.12. The van der Waals surface area contributed by atoms with E-state index in [1.54, 1.807) is 12.1 Å². The van der Waals surface area contributed by atoms with E-state index in [9.17, 15) is 8.42 Å². The maximum atomic E-state index is 11.7. The predicted octanol–water partition coefficient (Wildman–Crippen LogP) is 2.82. The average molecular weight is 334 g/mol. The Bertz CT molecular complexity index is 546. The molecule has 0 aliphatic heterocycles. The maximum Gasteiger partial charge on any atom is 0.153 e. The Morgan fingerprint density at radius 3 is 2.62 bits per heavy atom. The molecule has 2 N–H and O–H groups in total. The van der Waals surface area contributed by atoms with Crippen molar-refractivity contribution in [3.8, 4) is 5.75 Å². The quantitative estimate of drug-likeness (QED) is 0.754. The summed E-state index contributed by atoms with van der Waals surface area (Å²) >= 11 is 6.00. The summed E-state index contributed by atoms with van der Waals surface area (Å²) in [4.78, 5) is 0. The van der Waals surface area contributed by atoms with Gasteiger partial charge in [0.25, 0.3) is 0 Å². The minimum absolute atomic E-state index is 0.0305. The van der Waals surface area contributed by atoms with Gasteiger partial charge in [-0.1, -0.05) is 25.4 Å². The molecule has 4 nitrogen and oxygen atoms in total. The number of hydrogen-bond donors (Lipinski definition) is 1. The predicted molar refractivity (Wildman–Crippen MR) is 87.9 cm³/mol. The Labute approximate surface area is 132 Å². The summed E-state index contributed by atoms with van der Waals surface area (Å²) in [5.74, 6) is 0.891. The van der Waals surface area contributed by atoms with Crippen molar-refractivity contribution in [2.45, 2.75) is 39.2 Å². The lowest BCUT2D eigenvalue weighted by Crippen LogP contribution is -2.22. The minimum Gasteiger partial charge on any atom is -0.492 e. The van der Waals surface area contributed by atoms with Crippen LogP contribution in [0, 0.1) is 0 Å². The zero-order chi connectivity index (χ0) is 15.9. The molecule has 0 fully saturated rings. The molecule has 1 aromatic rings. The summed E-state index contributed by atoms with van der Waals surface area (Å²) in [5, 5.41) is 0.624. The lowest BCUT2D eigenvalue weighted by molar-refractivity contribution is 0.336. The SMILES string of the molecule is CCCS(=O)(=O)CCOc1ccc(Cl)cc1CC(N)CC. The molecule has 0 aliphatic rings. The van der Waals surface area contributed by atoms with Crippen molar-refractivity contribution in [3.63, 3.8) is 0 Å². The van der Waals surface area contributed by atoms with Gasteiger partial charge in [-0.05, 0) is 43.0 Å². The van der Waals surface area contributed by atoms with Crippen LogP contribution in [0.25, 0.3) is 0 Å². The Morgan fingerprint density at radius 2 is 2.00 bits per heavy atom. The van der Waals surface area contributed by atoms with Crippen molar-refractivity contribution in [2.24, 2.45) is 5.73 Å². The van der Waals surface area contributed by atoms with Crippen LogP contribution in [0.1, 0.15) is 32.3 Å². The van der Waals surface area contributed by atoms with Crippen LogP contribution in [0.3, 0.4) is 0 Å². The van der Waals surface area contributed by atoms with Gasteiger partial charge in [-0.2, -0.15) is 0 Å². The molecule has 0 saturated heterocycles. The van der Waals surface area contributed by atoms with Crippen LogP contribution in [-0.4, -0.2) is 32.6 Å². The van der Waals surface area contributed by atoms with Gasteiger partial charge in [0.1, 0.15) is 12.4 Å². The van der Waals surface area contributed by atoms with E-state index < -0.39 is 9.84 Å². The van der Waals surface area contributed by atoms with Gasteiger partial charge in [0, 0.05) is 11.1 Å². The number of hydrogen-bond acceptors (Lipinski definition) is 4. The van der Waals surface area contributed by atoms with Gasteiger partial charge in [0.15, 0.2) is 9.84 Å². The minimum atomic E-state index is -3.03. The van der Waals surface area contributed by atoms with E-state index in [2.05, 4.69) is 0 Å². The number of sulfone groups is 1. The Kier molecular flexibility index (Phi) is 7.49. The fourth-order valence-electron chi connectivity index (χ4n) is 1.97. The second-order valence-electron chi connectivity index (χ2n) is 5.12. The molecule has 0 bridgehead atoms. The first-order valence-electron chi connectivity index (χ1n) is 7.25. The number of rotatable bonds is 9. The molecule has 0 radical (unpaired) electrons. The molecule has 120 valence electrons. The van der Waals surface area contributed by atoms with E-state index in [0.717, 1.165) is 12.0 Å². The van der Waals surface area contributed by atoms with E-state index in [1.807, 2.05) is 19.9 Å². The average Bonchev–Trinajstić information content (AvgIpc) is 2.40. The summed E-state index contributed by atoms with van der Waals surface area (Å²) in [6.07, 6.45) is 2.14. The fraction of sp³-hybridized carbons (Fsp3) is 0.600. The lowest BCUT2D eigenvalue weighted by atomic mass is 10.0. The van der Waals surface area contributed by atoms with E-state index in [4.69, 9.17) is 22.1 Å².